The summed E-state index contributed by atoms with van der Waals surface area (Å²) in [6.45, 7) is 3.48. The molecule has 1 amide bonds. The predicted octanol–water partition coefficient (Wildman–Crippen LogP) is 0.231. The van der Waals surface area contributed by atoms with Crippen molar-refractivity contribution in [3.05, 3.63) is 28.2 Å². The number of rotatable bonds is 5. The third-order valence-corrected chi connectivity index (χ3v) is 2.69. The number of carbonyl (C=O) groups excluding carboxylic acids is 2. The molecule has 2 N–H and O–H groups in total. The van der Waals surface area contributed by atoms with E-state index in [-0.39, 0.29) is 5.69 Å². The summed E-state index contributed by atoms with van der Waals surface area (Å²) in [5, 5.41) is 8.35. The summed E-state index contributed by atoms with van der Waals surface area (Å²) < 4.78 is 4.69. The largest absolute Gasteiger partial charge is 0.467 e. The minimum absolute atomic E-state index is 0.0332. The summed E-state index contributed by atoms with van der Waals surface area (Å²) >= 11 is 0. The van der Waals surface area contributed by atoms with Crippen LogP contribution >= 0.6 is 0 Å². The number of methoxy groups -OCH3 is 1. The molecule has 0 fully saturated rings. The lowest BCUT2D eigenvalue weighted by Crippen LogP contribution is -2.53. The van der Waals surface area contributed by atoms with Gasteiger partial charge in [-0.15, -0.1) is 0 Å². The molecule has 0 aliphatic heterocycles. The van der Waals surface area contributed by atoms with Gasteiger partial charge in [0.25, 0.3) is 11.5 Å². The zero-order valence-electron chi connectivity index (χ0n) is 11.1. The van der Waals surface area contributed by atoms with Crippen molar-refractivity contribution >= 4 is 11.9 Å². The molecule has 104 valence electrons. The van der Waals surface area contributed by atoms with Gasteiger partial charge < -0.3 is 10.1 Å². The van der Waals surface area contributed by atoms with Crippen LogP contribution in [0.1, 0.15) is 37.2 Å². The van der Waals surface area contributed by atoms with Crippen molar-refractivity contribution < 1.29 is 14.3 Å². The van der Waals surface area contributed by atoms with Crippen LogP contribution in [0.3, 0.4) is 0 Å². The monoisotopic (exact) mass is 267 g/mol. The Morgan fingerprint density at radius 1 is 1.47 bits per heavy atom. The van der Waals surface area contributed by atoms with Crippen molar-refractivity contribution in [1.29, 1.82) is 0 Å². The van der Waals surface area contributed by atoms with Crippen LogP contribution in [0.15, 0.2) is 16.9 Å². The molecule has 1 rings (SSSR count). The molecule has 0 bridgehead atoms. The van der Waals surface area contributed by atoms with Gasteiger partial charge in [-0.1, -0.05) is 13.3 Å². The van der Waals surface area contributed by atoms with Crippen molar-refractivity contribution in [2.24, 2.45) is 0 Å². The lowest BCUT2D eigenvalue weighted by atomic mass is 9.96. The highest BCUT2D eigenvalue weighted by Crippen LogP contribution is 2.15. The van der Waals surface area contributed by atoms with Crippen LogP contribution in [-0.4, -0.2) is 34.7 Å². The van der Waals surface area contributed by atoms with Gasteiger partial charge in [-0.2, -0.15) is 5.10 Å². The van der Waals surface area contributed by atoms with Gasteiger partial charge in [-0.3, -0.25) is 9.59 Å². The number of esters is 1. The molecule has 0 spiro atoms. The van der Waals surface area contributed by atoms with Gasteiger partial charge in [-0.05, 0) is 19.4 Å². The summed E-state index contributed by atoms with van der Waals surface area (Å²) in [6, 6.07) is 2.48. The van der Waals surface area contributed by atoms with E-state index in [4.69, 9.17) is 4.74 Å². The maximum absolute atomic E-state index is 12.0. The van der Waals surface area contributed by atoms with Gasteiger partial charge in [0.15, 0.2) is 0 Å². The Balaban J connectivity index is 2.90. The number of amides is 1. The van der Waals surface area contributed by atoms with E-state index >= 15 is 0 Å². The number of carbonyl (C=O) groups is 2. The highest BCUT2D eigenvalue weighted by molar-refractivity contribution is 5.96. The molecule has 0 saturated carbocycles. The summed E-state index contributed by atoms with van der Waals surface area (Å²) in [5.74, 6) is -1.07. The average Bonchev–Trinajstić information content (AvgIpc) is 2.38. The van der Waals surface area contributed by atoms with E-state index in [9.17, 15) is 14.4 Å². The standard InChI is InChI=1S/C12H17N3O4/c1-4-7-12(2,11(18)19-3)13-10(17)8-5-6-9(16)15-14-8/h5-6H,4,7H2,1-3H3,(H,13,17)(H,15,16). The molecule has 0 aromatic carbocycles. The third-order valence-electron chi connectivity index (χ3n) is 2.69. The Labute approximate surface area is 110 Å². The molecule has 0 saturated heterocycles. The molecule has 1 heterocycles. The molecule has 1 aromatic heterocycles. The van der Waals surface area contributed by atoms with Crippen molar-refractivity contribution in [3.63, 3.8) is 0 Å². The first kappa shape index (κ1) is 14.9. The molecular formula is C12H17N3O4. The van der Waals surface area contributed by atoms with E-state index in [0.717, 1.165) is 0 Å². The number of H-pyrrole nitrogens is 1. The van der Waals surface area contributed by atoms with Gasteiger partial charge in [0.1, 0.15) is 11.2 Å². The maximum Gasteiger partial charge on any atom is 0.331 e. The first-order chi connectivity index (χ1) is 8.92. The van der Waals surface area contributed by atoms with E-state index in [0.29, 0.717) is 12.8 Å². The quantitative estimate of drug-likeness (QED) is 0.744. The van der Waals surface area contributed by atoms with Crippen molar-refractivity contribution in [2.75, 3.05) is 7.11 Å². The lowest BCUT2D eigenvalue weighted by molar-refractivity contribution is -0.147. The molecular weight excluding hydrogens is 250 g/mol. The van der Waals surface area contributed by atoms with Gasteiger partial charge in [-0.25, -0.2) is 9.89 Å². The van der Waals surface area contributed by atoms with Crippen LogP contribution in [0.4, 0.5) is 0 Å². The SMILES string of the molecule is CCCC(C)(NC(=O)c1ccc(=O)[nH]n1)C(=O)OC. The van der Waals surface area contributed by atoms with Crippen molar-refractivity contribution in [1.82, 2.24) is 15.5 Å². The number of aromatic nitrogens is 2. The van der Waals surface area contributed by atoms with Crippen LogP contribution in [0.5, 0.6) is 0 Å². The Hall–Kier alpha value is -2.18. The third kappa shape index (κ3) is 3.64. The Bertz CT molecular complexity index is 505. The first-order valence-electron chi connectivity index (χ1n) is 5.89. The second-order valence-electron chi connectivity index (χ2n) is 4.33. The number of nitrogens with zero attached hydrogens (tertiary/aromatic N) is 1. The highest BCUT2D eigenvalue weighted by atomic mass is 16.5. The zero-order chi connectivity index (χ0) is 14.5. The molecule has 7 nitrogen and oxygen atoms in total. The predicted molar refractivity (Wildman–Crippen MR) is 67.7 cm³/mol. The summed E-state index contributed by atoms with van der Waals surface area (Å²) in [6.07, 6.45) is 1.14. The van der Waals surface area contributed by atoms with E-state index in [1.807, 2.05) is 6.92 Å². The van der Waals surface area contributed by atoms with Crippen LogP contribution in [0, 0.1) is 0 Å². The number of aromatic amines is 1. The number of ether oxygens (including phenoxy) is 1. The summed E-state index contributed by atoms with van der Waals surface area (Å²) in [5.41, 5.74) is -1.48. The Kier molecular flexibility index (Phi) is 4.80. The van der Waals surface area contributed by atoms with E-state index in [1.165, 1.54) is 19.2 Å². The van der Waals surface area contributed by atoms with Crippen LogP contribution in [0.2, 0.25) is 0 Å². The van der Waals surface area contributed by atoms with Gasteiger partial charge >= 0.3 is 5.97 Å². The smallest absolute Gasteiger partial charge is 0.331 e. The van der Waals surface area contributed by atoms with Crippen molar-refractivity contribution in [3.8, 4) is 0 Å². The Morgan fingerprint density at radius 2 is 2.16 bits per heavy atom. The average molecular weight is 267 g/mol. The molecule has 0 aliphatic rings. The fourth-order valence-electron chi connectivity index (χ4n) is 1.73. The minimum atomic E-state index is -1.11. The maximum atomic E-state index is 12.0. The topological polar surface area (TPSA) is 101 Å². The number of nitrogens with one attached hydrogen (secondary N) is 2. The highest BCUT2D eigenvalue weighted by Gasteiger charge is 2.35. The molecule has 0 aliphatic carbocycles. The Morgan fingerprint density at radius 3 is 2.63 bits per heavy atom. The van der Waals surface area contributed by atoms with E-state index < -0.39 is 23.0 Å². The molecule has 7 heteroatoms. The van der Waals surface area contributed by atoms with Crippen LogP contribution in [0.25, 0.3) is 0 Å². The first-order valence-corrected chi connectivity index (χ1v) is 5.89. The summed E-state index contributed by atoms with van der Waals surface area (Å²) in [4.78, 5) is 34.6. The number of hydrogen-bond donors (Lipinski definition) is 2. The zero-order valence-corrected chi connectivity index (χ0v) is 11.1. The molecule has 0 radical (unpaired) electrons. The molecule has 19 heavy (non-hydrogen) atoms. The van der Waals surface area contributed by atoms with E-state index in [1.54, 1.807) is 6.92 Å². The normalized spacial score (nSPS) is 13.4. The second-order valence-corrected chi connectivity index (χ2v) is 4.33. The van der Waals surface area contributed by atoms with E-state index in [2.05, 4.69) is 15.5 Å². The number of hydrogen-bond acceptors (Lipinski definition) is 5. The van der Waals surface area contributed by atoms with Crippen LogP contribution < -0.4 is 10.9 Å². The lowest BCUT2D eigenvalue weighted by Gasteiger charge is -2.27. The summed E-state index contributed by atoms with van der Waals surface area (Å²) in [7, 11) is 1.26. The second kappa shape index (κ2) is 6.12. The van der Waals surface area contributed by atoms with Gasteiger partial charge in [0.05, 0.1) is 7.11 Å². The van der Waals surface area contributed by atoms with Gasteiger partial charge in [0, 0.05) is 6.07 Å². The minimum Gasteiger partial charge on any atom is -0.467 e. The fourth-order valence-corrected chi connectivity index (χ4v) is 1.73. The fraction of sp³-hybridized carbons (Fsp3) is 0.500. The van der Waals surface area contributed by atoms with Crippen LogP contribution in [-0.2, 0) is 9.53 Å². The molecule has 1 unspecified atom stereocenters. The van der Waals surface area contributed by atoms with Gasteiger partial charge in [0.2, 0.25) is 0 Å². The van der Waals surface area contributed by atoms with Crippen molar-refractivity contribution in [2.45, 2.75) is 32.2 Å². The molecule has 1 aromatic rings. The molecule has 1 atom stereocenters.